The Balaban J connectivity index is 1.91. The summed E-state index contributed by atoms with van der Waals surface area (Å²) in [5.74, 6) is -2.79. The van der Waals surface area contributed by atoms with Crippen LogP contribution in [0, 0.1) is 0 Å². The second kappa shape index (κ2) is 8.93. The molecule has 0 bridgehead atoms. The van der Waals surface area contributed by atoms with Crippen LogP contribution in [0.25, 0.3) is 0 Å². The zero-order chi connectivity index (χ0) is 16.7. The first kappa shape index (κ1) is 17.8. The topological polar surface area (TPSA) is 54.9 Å². The molecular weight excluding hydrogens is 340 g/mol. The summed E-state index contributed by atoms with van der Waals surface area (Å²) in [6, 6.07) is 6.04. The Labute approximate surface area is 141 Å². The minimum atomic E-state index is -2.47. The third-order valence-electron chi connectivity index (χ3n) is 3.02. The van der Waals surface area contributed by atoms with E-state index in [0.717, 1.165) is 30.7 Å². The first-order valence-electron chi connectivity index (χ1n) is 7.27. The van der Waals surface area contributed by atoms with E-state index in [1.165, 1.54) is 35.6 Å². The van der Waals surface area contributed by atoms with Crippen molar-refractivity contribution in [3.8, 4) is 0 Å². The lowest BCUT2D eigenvalue weighted by Crippen LogP contribution is -2.11. The van der Waals surface area contributed by atoms with Crippen LogP contribution in [0.4, 0.5) is 13.9 Å². The summed E-state index contributed by atoms with van der Waals surface area (Å²) in [6.07, 6.45) is 4.20. The number of hydrogen-bond donors (Lipinski definition) is 1. The van der Waals surface area contributed by atoms with E-state index in [-0.39, 0.29) is 5.91 Å². The molecule has 23 heavy (non-hydrogen) atoms. The lowest BCUT2D eigenvalue weighted by molar-refractivity contribution is 0.102. The quantitative estimate of drug-likeness (QED) is 0.543. The van der Waals surface area contributed by atoms with Gasteiger partial charge in [0.1, 0.15) is 5.01 Å². The van der Waals surface area contributed by atoms with E-state index in [4.69, 9.17) is 0 Å². The van der Waals surface area contributed by atoms with E-state index >= 15 is 0 Å². The average molecular weight is 357 g/mol. The summed E-state index contributed by atoms with van der Waals surface area (Å²) in [5, 5.41) is 12.0. The van der Waals surface area contributed by atoms with Gasteiger partial charge in [-0.15, -0.1) is 10.2 Å². The zero-order valence-corrected chi connectivity index (χ0v) is 14.2. The summed E-state index contributed by atoms with van der Waals surface area (Å²) in [4.78, 5) is 12.5. The molecule has 1 aromatic heterocycles. The monoisotopic (exact) mass is 357 g/mol. The number of thioether (sulfide) groups is 1. The molecular formula is C15H17F2N3OS2. The van der Waals surface area contributed by atoms with E-state index < -0.39 is 5.76 Å². The molecule has 0 aliphatic carbocycles. The van der Waals surface area contributed by atoms with Gasteiger partial charge in [0, 0.05) is 16.9 Å². The number of nitrogens with one attached hydrogen (secondary N) is 1. The van der Waals surface area contributed by atoms with Crippen LogP contribution in [0.3, 0.4) is 0 Å². The molecule has 8 heteroatoms. The molecule has 124 valence electrons. The van der Waals surface area contributed by atoms with Crippen molar-refractivity contribution in [2.45, 2.75) is 43.3 Å². The Kier molecular flexibility index (Phi) is 6.91. The molecule has 0 fully saturated rings. The molecule has 1 amide bonds. The van der Waals surface area contributed by atoms with Gasteiger partial charge in [0.2, 0.25) is 5.13 Å². The molecule has 0 saturated heterocycles. The van der Waals surface area contributed by atoms with E-state index in [9.17, 15) is 13.6 Å². The average Bonchev–Trinajstić information content (AvgIpc) is 2.95. The van der Waals surface area contributed by atoms with Crippen LogP contribution >= 0.6 is 23.1 Å². The Hall–Kier alpha value is -1.54. The van der Waals surface area contributed by atoms with Crippen LogP contribution in [-0.2, 0) is 6.42 Å². The zero-order valence-electron chi connectivity index (χ0n) is 12.6. The number of unbranched alkanes of at least 4 members (excludes halogenated alkanes) is 2. The molecule has 0 radical (unpaired) electrons. The van der Waals surface area contributed by atoms with E-state index in [1.807, 2.05) is 0 Å². The van der Waals surface area contributed by atoms with Gasteiger partial charge in [-0.2, -0.15) is 8.78 Å². The number of aryl methyl sites for hydroxylation is 1. The maximum absolute atomic E-state index is 12.3. The molecule has 1 aromatic carbocycles. The number of alkyl halides is 2. The fraction of sp³-hybridized carbons (Fsp3) is 0.400. The van der Waals surface area contributed by atoms with E-state index in [2.05, 4.69) is 22.4 Å². The number of nitrogens with zero attached hydrogens (tertiary/aromatic N) is 2. The molecule has 0 unspecified atom stereocenters. The van der Waals surface area contributed by atoms with E-state index in [0.29, 0.717) is 27.4 Å². The third-order valence-corrected chi connectivity index (χ3v) is 4.64. The molecule has 0 saturated carbocycles. The lowest BCUT2D eigenvalue weighted by atomic mass is 10.2. The lowest BCUT2D eigenvalue weighted by Gasteiger charge is -2.03. The molecule has 4 nitrogen and oxygen atoms in total. The smallest absolute Gasteiger partial charge is 0.288 e. The number of benzene rings is 1. The highest BCUT2D eigenvalue weighted by Gasteiger charge is 2.11. The summed E-state index contributed by atoms with van der Waals surface area (Å²) in [5.41, 5.74) is 0.395. The number of carbonyl (C=O) groups excluding carboxylic acids is 1. The van der Waals surface area contributed by atoms with Crippen LogP contribution < -0.4 is 5.32 Å². The van der Waals surface area contributed by atoms with E-state index in [1.54, 1.807) is 0 Å². The van der Waals surface area contributed by atoms with Crippen molar-refractivity contribution in [3.63, 3.8) is 0 Å². The maximum atomic E-state index is 12.3. The second-order valence-electron chi connectivity index (χ2n) is 4.82. The Bertz CT molecular complexity index is 632. The number of carbonyl (C=O) groups is 1. The van der Waals surface area contributed by atoms with Crippen LogP contribution in [0.5, 0.6) is 0 Å². The van der Waals surface area contributed by atoms with Gasteiger partial charge in [0.15, 0.2) is 0 Å². The third kappa shape index (κ3) is 5.87. The molecule has 2 rings (SSSR count). The summed E-state index contributed by atoms with van der Waals surface area (Å²) in [7, 11) is 0. The van der Waals surface area contributed by atoms with Crippen LogP contribution in [0.1, 0.15) is 41.6 Å². The maximum Gasteiger partial charge on any atom is 0.288 e. The number of rotatable bonds is 8. The molecule has 0 atom stereocenters. The van der Waals surface area contributed by atoms with Gasteiger partial charge in [0.25, 0.3) is 11.7 Å². The second-order valence-corrected chi connectivity index (χ2v) is 6.94. The van der Waals surface area contributed by atoms with Crippen molar-refractivity contribution < 1.29 is 13.6 Å². The Morgan fingerprint density at radius 2 is 2.00 bits per heavy atom. The highest BCUT2D eigenvalue weighted by atomic mass is 32.2. The molecule has 0 aliphatic rings. The van der Waals surface area contributed by atoms with Crippen LogP contribution in [-0.4, -0.2) is 21.9 Å². The van der Waals surface area contributed by atoms with Crippen molar-refractivity contribution in [1.29, 1.82) is 0 Å². The molecule has 1 heterocycles. The van der Waals surface area contributed by atoms with Gasteiger partial charge in [-0.1, -0.05) is 42.9 Å². The van der Waals surface area contributed by atoms with Crippen molar-refractivity contribution in [2.24, 2.45) is 0 Å². The number of anilines is 1. The van der Waals surface area contributed by atoms with Gasteiger partial charge < -0.3 is 0 Å². The molecule has 1 N–H and O–H groups in total. The fourth-order valence-electron chi connectivity index (χ4n) is 1.89. The fourth-order valence-corrected chi connectivity index (χ4v) is 3.16. The van der Waals surface area contributed by atoms with Crippen molar-refractivity contribution in [3.05, 3.63) is 34.8 Å². The minimum absolute atomic E-state index is 0.324. The standard InChI is InChI=1S/C15H17F2N3OS2/c1-2-3-4-5-12-19-20-15(23-12)18-13(21)10-6-8-11(9-7-10)22-14(16)17/h6-9,14H,2-5H2,1H3,(H,18,20,21). The number of amides is 1. The van der Waals surface area contributed by atoms with Crippen molar-refractivity contribution >= 4 is 34.1 Å². The highest BCUT2D eigenvalue weighted by molar-refractivity contribution is 7.99. The predicted molar refractivity (Wildman–Crippen MR) is 89.4 cm³/mol. The largest absolute Gasteiger partial charge is 0.296 e. The number of aromatic nitrogens is 2. The van der Waals surface area contributed by atoms with Gasteiger partial charge in [0.05, 0.1) is 0 Å². The summed E-state index contributed by atoms with van der Waals surface area (Å²) < 4.78 is 24.5. The predicted octanol–water partition coefficient (Wildman–Crippen LogP) is 4.84. The Morgan fingerprint density at radius 3 is 2.65 bits per heavy atom. The van der Waals surface area contributed by atoms with Crippen LogP contribution in [0.2, 0.25) is 0 Å². The first-order chi connectivity index (χ1) is 11.1. The molecule has 0 aliphatic heterocycles. The van der Waals surface area contributed by atoms with Gasteiger partial charge in [-0.25, -0.2) is 0 Å². The molecule has 0 spiro atoms. The SMILES string of the molecule is CCCCCc1nnc(NC(=O)c2ccc(SC(F)F)cc2)s1. The van der Waals surface area contributed by atoms with Crippen molar-refractivity contribution in [1.82, 2.24) is 10.2 Å². The first-order valence-corrected chi connectivity index (χ1v) is 8.96. The Morgan fingerprint density at radius 1 is 1.26 bits per heavy atom. The van der Waals surface area contributed by atoms with Crippen LogP contribution in [0.15, 0.2) is 29.2 Å². The summed E-state index contributed by atoms with van der Waals surface area (Å²) in [6.45, 7) is 2.14. The van der Waals surface area contributed by atoms with Gasteiger partial charge >= 0.3 is 0 Å². The van der Waals surface area contributed by atoms with Gasteiger partial charge in [-0.05, 0) is 30.7 Å². The normalized spacial score (nSPS) is 11.0. The highest BCUT2D eigenvalue weighted by Crippen LogP contribution is 2.25. The van der Waals surface area contributed by atoms with Gasteiger partial charge in [-0.3, -0.25) is 10.1 Å². The van der Waals surface area contributed by atoms with Crippen molar-refractivity contribution in [2.75, 3.05) is 5.32 Å². The number of halogens is 2. The summed E-state index contributed by atoms with van der Waals surface area (Å²) >= 11 is 1.81. The minimum Gasteiger partial charge on any atom is -0.296 e. The number of hydrogen-bond acceptors (Lipinski definition) is 5. The molecule has 2 aromatic rings.